The first-order valence-corrected chi connectivity index (χ1v) is 8.44. The van der Waals surface area contributed by atoms with Crippen LogP contribution in [0.5, 0.6) is 0 Å². The van der Waals surface area contributed by atoms with Crippen molar-refractivity contribution in [2.75, 3.05) is 19.7 Å². The van der Waals surface area contributed by atoms with Gasteiger partial charge in [-0.25, -0.2) is 4.79 Å². The predicted octanol–water partition coefficient (Wildman–Crippen LogP) is 4.09. The Labute approximate surface area is 141 Å². The highest BCUT2D eigenvalue weighted by Crippen LogP contribution is 2.22. The third-order valence-corrected chi connectivity index (χ3v) is 4.53. The lowest BCUT2D eigenvalue weighted by Crippen LogP contribution is -2.44. The minimum absolute atomic E-state index is 0.0808. The van der Waals surface area contributed by atoms with Crippen LogP contribution in [0.4, 0.5) is 4.79 Å². The van der Waals surface area contributed by atoms with Crippen molar-refractivity contribution in [1.29, 1.82) is 0 Å². The summed E-state index contributed by atoms with van der Waals surface area (Å²) in [7, 11) is 0. The van der Waals surface area contributed by atoms with Gasteiger partial charge in [0.1, 0.15) is 0 Å². The monoisotopic (exact) mass is 344 g/mol. The van der Waals surface area contributed by atoms with E-state index >= 15 is 0 Å². The molecule has 122 valence electrons. The standard InChI is InChI=1S/C16H22Cl2N2O2/c1-2-20(11-13-5-3-4-8-22-13)16(21)19-10-12-6-7-14(17)15(18)9-12/h6-7,9,13H,2-5,8,10-11H2,1H3,(H,19,21)/t13-/m1/s1. The highest BCUT2D eigenvalue weighted by Gasteiger charge is 2.20. The number of halogens is 2. The summed E-state index contributed by atoms with van der Waals surface area (Å²) in [6, 6.07) is 5.28. The summed E-state index contributed by atoms with van der Waals surface area (Å²) in [5.74, 6) is 0. The summed E-state index contributed by atoms with van der Waals surface area (Å²) < 4.78 is 5.70. The van der Waals surface area contributed by atoms with Crippen molar-refractivity contribution >= 4 is 29.2 Å². The SMILES string of the molecule is CCN(C[C@H]1CCCCO1)C(=O)NCc1ccc(Cl)c(Cl)c1. The quantitative estimate of drug-likeness (QED) is 0.873. The van der Waals surface area contributed by atoms with Crippen molar-refractivity contribution in [3.8, 4) is 0 Å². The third kappa shape index (κ3) is 5.04. The molecule has 1 heterocycles. The van der Waals surface area contributed by atoms with Crippen LogP contribution in [0.2, 0.25) is 10.0 Å². The van der Waals surface area contributed by atoms with E-state index in [2.05, 4.69) is 5.32 Å². The van der Waals surface area contributed by atoms with Gasteiger partial charge in [-0.2, -0.15) is 0 Å². The number of nitrogens with one attached hydrogen (secondary N) is 1. The second-order valence-electron chi connectivity index (χ2n) is 5.43. The van der Waals surface area contributed by atoms with Crippen LogP contribution in [-0.2, 0) is 11.3 Å². The molecule has 6 heteroatoms. The first-order valence-electron chi connectivity index (χ1n) is 7.68. The Hall–Kier alpha value is -0.970. The second-order valence-corrected chi connectivity index (χ2v) is 6.25. The van der Waals surface area contributed by atoms with Gasteiger partial charge >= 0.3 is 6.03 Å². The van der Waals surface area contributed by atoms with Crippen LogP contribution >= 0.6 is 23.2 Å². The van der Waals surface area contributed by atoms with Gasteiger partial charge in [-0.15, -0.1) is 0 Å². The Balaban J connectivity index is 1.84. The minimum atomic E-state index is -0.0808. The van der Waals surface area contributed by atoms with Crippen LogP contribution in [0.3, 0.4) is 0 Å². The van der Waals surface area contributed by atoms with E-state index in [4.69, 9.17) is 27.9 Å². The molecule has 1 aliphatic rings. The first-order chi connectivity index (χ1) is 10.6. The molecule has 1 saturated heterocycles. The summed E-state index contributed by atoms with van der Waals surface area (Å²) in [5, 5.41) is 3.93. The Kier molecular flexibility index (Phi) is 6.80. The number of hydrogen-bond donors (Lipinski definition) is 1. The normalized spacial score (nSPS) is 18.0. The molecule has 2 rings (SSSR count). The average Bonchev–Trinajstić information content (AvgIpc) is 2.54. The van der Waals surface area contributed by atoms with Crippen molar-refractivity contribution in [1.82, 2.24) is 10.2 Å². The first kappa shape index (κ1) is 17.4. The molecule has 0 radical (unpaired) electrons. The van der Waals surface area contributed by atoms with E-state index in [1.807, 2.05) is 13.0 Å². The second kappa shape index (κ2) is 8.61. The maximum atomic E-state index is 12.3. The molecule has 1 atom stereocenters. The van der Waals surface area contributed by atoms with Crippen LogP contribution < -0.4 is 5.32 Å². The fraction of sp³-hybridized carbons (Fsp3) is 0.562. The van der Waals surface area contributed by atoms with E-state index in [9.17, 15) is 4.79 Å². The van der Waals surface area contributed by atoms with Crippen LogP contribution in [-0.4, -0.2) is 36.7 Å². The van der Waals surface area contributed by atoms with Crippen LogP contribution in [0, 0.1) is 0 Å². The van der Waals surface area contributed by atoms with E-state index < -0.39 is 0 Å². The Morgan fingerprint density at radius 2 is 2.18 bits per heavy atom. The van der Waals surface area contributed by atoms with Gasteiger partial charge in [0.15, 0.2) is 0 Å². The van der Waals surface area contributed by atoms with E-state index in [0.717, 1.165) is 25.0 Å². The molecule has 0 aromatic heterocycles. The summed E-state index contributed by atoms with van der Waals surface area (Å²) in [6.07, 6.45) is 3.47. The number of nitrogens with zero attached hydrogens (tertiary/aromatic N) is 1. The molecule has 0 bridgehead atoms. The molecule has 1 N–H and O–H groups in total. The highest BCUT2D eigenvalue weighted by atomic mass is 35.5. The minimum Gasteiger partial charge on any atom is -0.376 e. The number of benzene rings is 1. The predicted molar refractivity (Wildman–Crippen MR) is 89.5 cm³/mol. The zero-order valence-corrected chi connectivity index (χ0v) is 14.3. The van der Waals surface area contributed by atoms with E-state index in [-0.39, 0.29) is 12.1 Å². The maximum Gasteiger partial charge on any atom is 0.317 e. The molecular formula is C16H22Cl2N2O2. The largest absolute Gasteiger partial charge is 0.376 e. The molecule has 1 aromatic carbocycles. The van der Waals surface area contributed by atoms with Gasteiger partial charge in [-0.3, -0.25) is 0 Å². The third-order valence-electron chi connectivity index (χ3n) is 3.79. The van der Waals surface area contributed by atoms with Gasteiger partial charge in [0, 0.05) is 26.2 Å². The lowest BCUT2D eigenvalue weighted by Gasteiger charge is -2.29. The number of ether oxygens (including phenoxy) is 1. The molecule has 1 aliphatic heterocycles. The summed E-state index contributed by atoms with van der Waals surface area (Å²) in [5.41, 5.74) is 0.924. The zero-order chi connectivity index (χ0) is 15.9. The molecule has 2 amide bonds. The molecule has 4 nitrogen and oxygen atoms in total. The number of carbonyl (C=O) groups is 1. The lowest BCUT2D eigenvalue weighted by atomic mass is 10.1. The van der Waals surface area contributed by atoms with Crippen molar-refractivity contribution in [3.63, 3.8) is 0 Å². The van der Waals surface area contributed by atoms with Gasteiger partial charge in [0.2, 0.25) is 0 Å². The molecular weight excluding hydrogens is 323 g/mol. The number of amides is 2. The summed E-state index contributed by atoms with van der Waals surface area (Å²) >= 11 is 11.9. The van der Waals surface area contributed by atoms with Gasteiger partial charge in [-0.1, -0.05) is 29.3 Å². The van der Waals surface area contributed by atoms with Gasteiger partial charge in [0.05, 0.1) is 16.1 Å². The fourth-order valence-corrected chi connectivity index (χ4v) is 2.81. The molecule has 0 saturated carbocycles. The fourth-order valence-electron chi connectivity index (χ4n) is 2.49. The van der Waals surface area contributed by atoms with Crippen molar-refractivity contribution in [2.24, 2.45) is 0 Å². The van der Waals surface area contributed by atoms with Gasteiger partial charge < -0.3 is 15.0 Å². The van der Waals surface area contributed by atoms with Gasteiger partial charge in [-0.05, 0) is 43.9 Å². The van der Waals surface area contributed by atoms with E-state index in [1.54, 1.807) is 17.0 Å². The Morgan fingerprint density at radius 1 is 1.36 bits per heavy atom. The Morgan fingerprint density at radius 3 is 2.82 bits per heavy atom. The Bertz CT molecular complexity index is 505. The molecule has 1 fully saturated rings. The zero-order valence-electron chi connectivity index (χ0n) is 12.8. The highest BCUT2D eigenvalue weighted by molar-refractivity contribution is 6.42. The molecule has 22 heavy (non-hydrogen) atoms. The lowest BCUT2D eigenvalue weighted by molar-refractivity contribution is 0.00132. The molecule has 0 spiro atoms. The number of rotatable bonds is 5. The van der Waals surface area contributed by atoms with Crippen molar-refractivity contribution in [3.05, 3.63) is 33.8 Å². The number of urea groups is 1. The summed E-state index contributed by atoms with van der Waals surface area (Å²) in [4.78, 5) is 14.1. The van der Waals surface area contributed by atoms with Crippen LogP contribution in [0.1, 0.15) is 31.7 Å². The molecule has 0 unspecified atom stereocenters. The number of hydrogen-bond acceptors (Lipinski definition) is 2. The topological polar surface area (TPSA) is 41.6 Å². The van der Waals surface area contributed by atoms with Gasteiger partial charge in [0.25, 0.3) is 0 Å². The average molecular weight is 345 g/mol. The molecule has 0 aliphatic carbocycles. The summed E-state index contributed by atoms with van der Waals surface area (Å²) in [6.45, 7) is 4.50. The van der Waals surface area contributed by atoms with Crippen LogP contribution in [0.15, 0.2) is 18.2 Å². The van der Waals surface area contributed by atoms with E-state index in [0.29, 0.717) is 29.7 Å². The smallest absolute Gasteiger partial charge is 0.317 e. The van der Waals surface area contributed by atoms with E-state index in [1.165, 1.54) is 6.42 Å². The van der Waals surface area contributed by atoms with Crippen molar-refractivity contribution in [2.45, 2.75) is 38.8 Å². The maximum absolute atomic E-state index is 12.3. The number of carbonyl (C=O) groups excluding carboxylic acids is 1. The van der Waals surface area contributed by atoms with Crippen molar-refractivity contribution < 1.29 is 9.53 Å². The van der Waals surface area contributed by atoms with Crippen LogP contribution in [0.25, 0.3) is 0 Å². The number of likely N-dealkylation sites (N-methyl/N-ethyl adjacent to an activating group) is 1. The molecule has 1 aromatic rings.